The first-order chi connectivity index (χ1) is 14.1. The monoisotopic (exact) mass is 425 g/mol. The van der Waals surface area contributed by atoms with Gasteiger partial charge in [-0.3, -0.25) is 0 Å². The van der Waals surface area contributed by atoms with Gasteiger partial charge in [0, 0.05) is 30.1 Å². The lowest BCUT2D eigenvalue weighted by molar-refractivity contribution is -0.143. The highest BCUT2D eigenvalue weighted by molar-refractivity contribution is 5.90. The van der Waals surface area contributed by atoms with E-state index in [0.29, 0.717) is 16.9 Å². The summed E-state index contributed by atoms with van der Waals surface area (Å²) in [5.74, 6) is 0.558. The molecule has 1 fully saturated rings. The van der Waals surface area contributed by atoms with Gasteiger partial charge in [0.15, 0.2) is 0 Å². The molecule has 0 aliphatic heterocycles. The van der Waals surface area contributed by atoms with E-state index in [1.165, 1.54) is 6.07 Å². The van der Waals surface area contributed by atoms with Crippen LogP contribution >= 0.6 is 0 Å². The van der Waals surface area contributed by atoms with Crippen molar-refractivity contribution in [3.05, 3.63) is 59.3 Å². The number of carbonyl (C=O) groups is 1. The second kappa shape index (κ2) is 7.18. The molecule has 1 aromatic heterocycles. The fraction of sp³-hybridized carbons (Fsp3) is 0.318. The molecule has 0 atom stereocenters. The van der Waals surface area contributed by atoms with E-state index in [4.69, 9.17) is 0 Å². The van der Waals surface area contributed by atoms with Crippen LogP contribution in [0.5, 0.6) is 0 Å². The summed E-state index contributed by atoms with van der Waals surface area (Å²) in [6, 6.07) is 6.33. The highest BCUT2D eigenvalue weighted by atomic mass is 19.4. The van der Waals surface area contributed by atoms with Crippen LogP contribution in [0.15, 0.2) is 42.6 Å². The first-order valence-electron chi connectivity index (χ1n) is 9.41. The number of halogens is 6. The topological polar surface area (TPSA) is 22.0 Å². The van der Waals surface area contributed by atoms with E-state index in [9.17, 15) is 31.1 Å². The van der Waals surface area contributed by atoms with E-state index >= 15 is 0 Å². The Labute approximate surface area is 168 Å². The number of hydrogen-bond donors (Lipinski definition) is 0. The molecule has 30 heavy (non-hydrogen) atoms. The Hall–Kier alpha value is -2.77. The van der Waals surface area contributed by atoms with Crippen molar-refractivity contribution in [3.8, 4) is 11.1 Å². The lowest BCUT2D eigenvalue weighted by Crippen LogP contribution is -2.11. The molecule has 158 valence electrons. The van der Waals surface area contributed by atoms with Gasteiger partial charge in [-0.2, -0.15) is 26.3 Å². The number of aldehydes is 1. The Balaban J connectivity index is 1.86. The third-order valence-electron chi connectivity index (χ3n) is 5.34. The number of benzene rings is 2. The fourth-order valence-electron chi connectivity index (χ4n) is 3.65. The zero-order chi connectivity index (χ0) is 21.7. The molecule has 4 rings (SSSR count). The van der Waals surface area contributed by atoms with Gasteiger partial charge in [0.2, 0.25) is 0 Å². The lowest BCUT2D eigenvalue weighted by atomic mass is 9.97. The summed E-state index contributed by atoms with van der Waals surface area (Å²) in [6.07, 6.45) is -4.89. The molecule has 0 spiro atoms. The van der Waals surface area contributed by atoms with Gasteiger partial charge < -0.3 is 9.36 Å². The van der Waals surface area contributed by atoms with Crippen molar-refractivity contribution in [2.75, 3.05) is 0 Å². The zero-order valence-corrected chi connectivity index (χ0v) is 15.6. The number of carbonyl (C=O) groups excluding carboxylic acids is 1. The second-order valence-electron chi connectivity index (χ2n) is 7.65. The normalized spacial score (nSPS) is 15.0. The minimum Gasteiger partial charge on any atom is -0.347 e. The summed E-state index contributed by atoms with van der Waals surface area (Å²) in [6.45, 7) is 0.774. The number of nitrogens with zero attached hydrogens (tertiary/aromatic N) is 1. The van der Waals surface area contributed by atoms with Crippen molar-refractivity contribution in [2.24, 2.45) is 5.92 Å². The zero-order valence-electron chi connectivity index (χ0n) is 15.6. The van der Waals surface area contributed by atoms with E-state index in [1.807, 2.05) is 10.8 Å². The third-order valence-corrected chi connectivity index (χ3v) is 5.34. The molecule has 0 bridgehead atoms. The number of alkyl halides is 6. The van der Waals surface area contributed by atoms with E-state index in [2.05, 4.69) is 0 Å². The third kappa shape index (κ3) is 4.08. The summed E-state index contributed by atoms with van der Waals surface area (Å²) < 4.78 is 81.1. The number of aromatic nitrogens is 1. The van der Waals surface area contributed by atoms with Gasteiger partial charge in [-0.15, -0.1) is 0 Å². The van der Waals surface area contributed by atoms with Crippen molar-refractivity contribution in [1.82, 2.24) is 4.57 Å². The van der Waals surface area contributed by atoms with Crippen molar-refractivity contribution in [1.29, 1.82) is 0 Å². The smallest absolute Gasteiger partial charge is 0.347 e. The molecule has 1 aliphatic carbocycles. The summed E-state index contributed by atoms with van der Waals surface area (Å²) in [5, 5.41) is 0.659. The molecular weight excluding hydrogens is 408 g/mol. The van der Waals surface area contributed by atoms with Crippen molar-refractivity contribution < 1.29 is 31.1 Å². The maximum Gasteiger partial charge on any atom is 0.416 e. The van der Waals surface area contributed by atoms with Crippen LogP contribution in [-0.2, 0) is 30.1 Å². The minimum atomic E-state index is -4.91. The molecule has 0 amide bonds. The maximum atomic E-state index is 13.2. The van der Waals surface area contributed by atoms with Crippen molar-refractivity contribution in [2.45, 2.75) is 38.2 Å². The van der Waals surface area contributed by atoms with Crippen LogP contribution in [-0.4, -0.2) is 10.9 Å². The summed E-state index contributed by atoms with van der Waals surface area (Å²) in [5.41, 5.74) is -1.14. The first-order valence-corrected chi connectivity index (χ1v) is 9.41. The number of rotatable bonds is 5. The van der Waals surface area contributed by atoms with Crippen LogP contribution in [0.25, 0.3) is 22.0 Å². The van der Waals surface area contributed by atoms with Gasteiger partial charge in [0.25, 0.3) is 0 Å². The Morgan fingerprint density at radius 2 is 1.53 bits per heavy atom. The number of hydrogen-bond acceptors (Lipinski definition) is 1. The van der Waals surface area contributed by atoms with E-state index < -0.39 is 23.5 Å². The first kappa shape index (κ1) is 20.5. The average Bonchev–Trinajstić information content (AvgIpc) is 3.42. The summed E-state index contributed by atoms with van der Waals surface area (Å²) >= 11 is 0. The molecule has 0 N–H and O–H groups in total. The average molecular weight is 425 g/mol. The summed E-state index contributed by atoms with van der Waals surface area (Å²) in [4.78, 5) is 11.1. The molecular formula is C22H17F6NO. The molecule has 1 heterocycles. The fourth-order valence-corrected chi connectivity index (χ4v) is 3.65. The molecule has 0 unspecified atom stereocenters. The summed E-state index contributed by atoms with van der Waals surface area (Å²) in [7, 11) is 0. The van der Waals surface area contributed by atoms with Crippen LogP contribution in [0.1, 0.15) is 29.5 Å². The molecule has 3 aromatic rings. The van der Waals surface area contributed by atoms with Crippen LogP contribution in [0.2, 0.25) is 0 Å². The maximum absolute atomic E-state index is 13.2. The van der Waals surface area contributed by atoms with Gasteiger partial charge in [0.05, 0.1) is 11.1 Å². The van der Waals surface area contributed by atoms with Crippen LogP contribution in [0.3, 0.4) is 0 Å². The SMILES string of the molecule is O=CCc1cn(CC2CC2)c2ccc(-c3cc(C(F)(F)F)cc(C(F)(F)F)c3)cc12. The Morgan fingerprint density at radius 1 is 0.900 bits per heavy atom. The van der Waals surface area contributed by atoms with Crippen molar-refractivity contribution >= 4 is 17.2 Å². The largest absolute Gasteiger partial charge is 0.416 e. The highest BCUT2D eigenvalue weighted by Gasteiger charge is 2.37. The quantitative estimate of drug-likeness (QED) is 0.338. The minimum absolute atomic E-state index is 0.117. The van der Waals surface area contributed by atoms with Gasteiger partial charge in [0.1, 0.15) is 6.29 Å². The number of fused-ring (bicyclic) bond motifs is 1. The molecule has 0 radical (unpaired) electrons. The Bertz CT molecular complexity index is 1070. The van der Waals surface area contributed by atoms with Crippen LogP contribution in [0, 0.1) is 5.92 Å². The Kier molecular flexibility index (Phi) is 4.91. The highest BCUT2D eigenvalue weighted by Crippen LogP contribution is 2.40. The van der Waals surface area contributed by atoms with Gasteiger partial charge >= 0.3 is 12.4 Å². The van der Waals surface area contributed by atoms with E-state index in [1.54, 1.807) is 12.1 Å². The van der Waals surface area contributed by atoms with E-state index in [-0.39, 0.29) is 23.6 Å². The molecule has 0 saturated heterocycles. The van der Waals surface area contributed by atoms with Crippen LogP contribution < -0.4 is 0 Å². The molecule has 8 heteroatoms. The van der Waals surface area contributed by atoms with Gasteiger partial charge in [-0.1, -0.05) is 6.07 Å². The molecule has 2 aromatic carbocycles. The lowest BCUT2D eigenvalue weighted by Gasteiger charge is -2.14. The van der Waals surface area contributed by atoms with E-state index in [0.717, 1.165) is 43.3 Å². The standard InChI is InChI=1S/C22H17F6NO/c23-21(24,25)17-7-16(8-18(10-17)22(26,27)28)14-3-4-20-19(9-14)15(5-6-30)12-29(20)11-13-1-2-13/h3-4,6-10,12-13H,1-2,5,11H2. The van der Waals surface area contributed by atoms with Gasteiger partial charge in [-0.05, 0) is 65.8 Å². The second-order valence-corrected chi connectivity index (χ2v) is 7.65. The Morgan fingerprint density at radius 3 is 2.07 bits per heavy atom. The predicted molar refractivity (Wildman–Crippen MR) is 99.9 cm³/mol. The molecule has 1 aliphatic rings. The van der Waals surface area contributed by atoms with Crippen LogP contribution in [0.4, 0.5) is 26.3 Å². The predicted octanol–water partition coefficient (Wildman–Crippen LogP) is 6.50. The van der Waals surface area contributed by atoms with Crippen molar-refractivity contribution in [3.63, 3.8) is 0 Å². The molecule has 2 nitrogen and oxygen atoms in total. The van der Waals surface area contributed by atoms with Gasteiger partial charge in [-0.25, -0.2) is 0 Å². The molecule has 1 saturated carbocycles.